The molecule has 2 aromatic carbocycles. The Morgan fingerprint density at radius 1 is 1.20 bits per heavy atom. The Balaban J connectivity index is 1.49. The highest BCUT2D eigenvalue weighted by atomic mass is 32.2. The minimum Gasteiger partial charge on any atom is -0.494 e. The van der Waals surface area contributed by atoms with Crippen LogP contribution in [-0.2, 0) is 10.5 Å². The van der Waals surface area contributed by atoms with Crippen LogP contribution in [0.3, 0.4) is 0 Å². The minimum absolute atomic E-state index is 0.0645. The number of hydrogen-bond donors (Lipinski definition) is 1. The summed E-state index contributed by atoms with van der Waals surface area (Å²) in [6, 6.07) is 13.9. The maximum atomic E-state index is 12.5. The van der Waals surface area contributed by atoms with Crippen LogP contribution in [-0.4, -0.2) is 29.9 Å². The van der Waals surface area contributed by atoms with Gasteiger partial charge < -0.3 is 14.8 Å². The number of aromatic nitrogens is 1. The molecule has 0 aliphatic carbocycles. The molecule has 5 nitrogen and oxygen atoms in total. The van der Waals surface area contributed by atoms with Crippen molar-refractivity contribution in [2.75, 3.05) is 17.7 Å². The van der Waals surface area contributed by atoms with Gasteiger partial charge in [-0.25, -0.2) is 4.98 Å². The lowest BCUT2D eigenvalue weighted by Gasteiger charge is -2.11. The summed E-state index contributed by atoms with van der Waals surface area (Å²) in [5, 5.41) is 5.46. The number of anilines is 1. The highest BCUT2D eigenvalue weighted by molar-refractivity contribution is 7.99. The van der Waals surface area contributed by atoms with E-state index in [0.29, 0.717) is 12.4 Å². The van der Waals surface area contributed by atoms with Crippen LogP contribution in [0.1, 0.15) is 12.6 Å². The van der Waals surface area contributed by atoms with Crippen molar-refractivity contribution < 1.29 is 23.0 Å². The van der Waals surface area contributed by atoms with E-state index in [1.807, 2.05) is 36.6 Å². The number of thioether (sulfide) groups is 1. The second-order valence-electron chi connectivity index (χ2n) is 6.02. The van der Waals surface area contributed by atoms with Crippen molar-refractivity contribution in [1.29, 1.82) is 0 Å². The van der Waals surface area contributed by atoms with Gasteiger partial charge in [0.2, 0.25) is 5.91 Å². The summed E-state index contributed by atoms with van der Waals surface area (Å²) >= 11 is 2.93. The molecule has 1 amide bonds. The number of hydrogen-bond acceptors (Lipinski definition) is 6. The Hall–Kier alpha value is -2.65. The number of ether oxygens (including phenoxy) is 2. The van der Waals surface area contributed by atoms with E-state index in [1.54, 1.807) is 12.1 Å². The molecule has 1 heterocycles. The Morgan fingerprint density at radius 3 is 2.70 bits per heavy atom. The number of halogens is 2. The lowest BCUT2D eigenvalue weighted by molar-refractivity contribution is -0.113. The summed E-state index contributed by atoms with van der Waals surface area (Å²) in [4.78, 5) is 16.8. The molecule has 0 atom stereocenters. The first-order valence-electron chi connectivity index (χ1n) is 9.14. The molecular weight excluding hydrogens is 430 g/mol. The SMILES string of the molecule is CCOc1ccc(-c2nc(CSCC(=O)Nc3ccccc3OC(F)F)cs2)cc1. The third kappa shape index (κ3) is 6.43. The number of para-hydroxylation sites is 2. The van der Waals surface area contributed by atoms with Crippen molar-refractivity contribution in [3.05, 3.63) is 59.6 Å². The molecule has 0 aliphatic rings. The van der Waals surface area contributed by atoms with E-state index in [4.69, 9.17) is 4.74 Å². The zero-order valence-electron chi connectivity index (χ0n) is 16.1. The number of nitrogens with one attached hydrogen (secondary N) is 1. The second-order valence-corrected chi connectivity index (χ2v) is 7.86. The van der Waals surface area contributed by atoms with Crippen LogP contribution in [0.2, 0.25) is 0 Å². The lowest BCUT2D eigenvalue weighted by Crippen LogP contribution is -2.15. The van der Waals surface area contributed by atoms with Crippen LogP contribution in [0.15, 0.2) is 53.9 Å². The topological polar surface area (TPSA) is 60.5 Å². The minimum atomic E-state index is -2.95. The molecule has 0 aliphatic heterocycles. The Bertz CT molecular complexity index is 965. The molecule has 0 bridgehead atoms. The molecule has 0 spiro atoms. The summed E-state index contributed by atoms with van der Waals surface area (Å²) in [7, 11) is 0. The zero-order valence-corrected chi connectivity index (χ0v) is 17.8. The summed E-state index contributed by atoms with van der Waals surface area (Å²) in [5.74, 6) is 1.19. The van der Waals surface area contributed by atoms with Gasteiger partial charge in [0.25, 0.3) is 0 Å². The molecule has 30 heavy (non-hydrogen) atoms. The number of carbonyl (C=O) groups is 1. The maximum Gasteiger partial charge on any atom is 0.387 e. The number of benzene rings is 2. The number of alkyl halides is 2. The van der Waals surface area contributed by atoms with Gasteiger partial charge in [-0.05, 0) is 43.3 Å². The summed E-state index contributed by atoms with van der Waals surface area (Å²) in [6.07, 6.45) is 0. The molecule has 3 aromatic rings. The van der Waals surface area contributed by atoms with Crippen LogP contribution in [0.4, 0.5) is 14.5 Å². The number of thiazole rings is 1. The van der Waals surface area contributed by atoms with E-state index in [1.165, 1.54) is 35.2 Å². The first kappa shape index (κ1) is 22.0. The van der Waals surface area contributed by atoms with Gasteiger partial charge in [-0.3, -0.25) is 4.79 Å². The van der Waals surface area contributed by atoms with Crippen molar-refractivity contribution in [2.24, 2.45) is 0 Å². The van der Waals surface area contributed by atoms with Gasteiger partial charge in [-0.1, -0.05) is 12.1 Å². The van der Waals surface area contributed by atoms with Gasteiger partial charge in [-0.15, -0.1) is 23.1 Å². The molecule has 0 saturated heterocycles. The highest BCUT2D eigenvalue weighted by Gasteiger charge is 2.12. The van der Waals surface area contributed by atoms with Crippen LogP contribution >= 0.6 is 23.1 Å². The van der Waals surface area contributed by atoms with Crippen LogP contribution < -0.4 is 14.8 Å². The Kier molecular flexibility index (Phi) is 8.04. The number of nitrogens with zero attached hydrogens (tertiary/aromatic N) is 1. The molecule has 0 saturated carbocycles. The van der Waals surface area contributed by atoms with E-state index in [-0.39, 0.29) is 23.1 Å². The summed E-state index contributed by atoms with van der Waals surface area (Å²) < 4.78 is 34.8. The van der Waals surface area contributed by atoms with Crippen molar-refractivity contribution in [3.8, 4) is 22.1 Å². The summed E-state index contributed by atoms with van der Waals surface area (Å²) in [6.45, 7) is -0.391. The quantitative estimate of drug-likeness (QED) is 0.430. The fourth-order valence-corrected chi connectivity index (χ4v) is 4.22. The van der Waals surface area contributed by atoms with Crippen LogP contribution in [0, 0.1) is 0 Å². The summed E-state index contributed by atoms with van der Waals surface area (Å²) in [5.41, 5.74) is 2.10. The first-order chi connectivity index (χ1) is 14.5. The average molecular weight is 451 g/mol. The van der Waals surface area contributed by atoms with Crippen molar-refractivity contribution in [2.45, 2.75) is 19.3 Å². The zero-order chi connectivity index (χ0) is 21.3. The lowest BCUT2D eigenvalue weighted by atomic mass is 10.2. The van der Waals surface area contributed by atoms with Crippen LogP contribution in [0.5, 0.6) is 11.5 Å². The molecule has 158 valence electrons. The number of amides is 1. The fraction of sp³-hybridized carbons (Fsp3) is 0.238. The number of rotatable bonds is 10. The highest BCUT2D eigenvalue weighted by Crippen LogP contribution is 2.28. The first-order valence-corrected chi connectivity index (χ1v) is 11.2. The van der Waals surface area contributed by atoms with Gasteiger partial charge in [0.05, 0.1) is 23.7 Å². The van der Waals surface area contributed by atoms with Crippen LogP contribution in [0.25, 0.3) is 10.6 Å². The van der Waals surface area contributed by atoms with E-state index in [9.17, 15) is 13.6 Å². The molecule has 0 fully saturated rings. The molecule has 9 heteroatoms. The fourth-order valence-electron chi connectivity index (χ4n) is 2.57. The van der Waals surface area contributed by atoms with E-state index < -0.39 is 6.61 Å². The van der Waals surface area contributed by atoms with Gasteiger partial charge >= 0.3 is 6.61 Å². The molecule has 1 N–H and O–H groups in total. The third-order valence-electron chi connectivity index (χ3n) is 3.82. The average Bonchev–Trinajstić information content (AvgIpc) is 3.19. The van der Waals surface area contributed by atoms with E-state index in [0.717, 1.165) is 22.0 Å². The third-order valence-corrected chi connectivity index (χ3v) is 5.73. The monoisotopic (exact) mass is 450 g/mol. The van der Waals surface area contributed by atoms with Crippen molar-refractivity contribution in [3.63, 3.8) is 0 Å². The Morgan fingerprint density at radius 2 is 1.97 bits per heavy atom. The molecule has 0 radical (unpaired) electrons. The van der Waals surface area contributed by atoms with Crippen molar-refractivity contribution >= 4 is 34.7 Å². The normalized spacial score (nSPS) is 10.8. The largest absolute Gasteiger partial charge is 0.494 e. The van der Waals surface area contributed by atoms with Gasteiger partial charge in [0, 0.05) is 16.7 Å². The molecule has 0 unspecified atom stereocenters. The van der Waals surface area contributed by atoms with Gasteiger partial charge in [0.1, 0.15) is 16.5 Å². The molecular formula is C21H20F2N2O3S2. The Labute approximate surface area is 181 Å². The smallest absolute Gasteiger partial charge is 0.387 e. The van der Waals surface area contributed by atoms with Crippen molar-refractivity contribution in [1.82, 2.24) is 4.98 Å². The predicted octanol–water partition coefficient (Wildman–Crippen LogP) is 5.68. The number of carbonyl (C=O) groups excluding carboxylic acids is 1. The predicted molar refractivity (Wildman–Crippen MR) is 117 cm³/mol. The second kappa shape index (κ2) is 10.9. The molecule has 1 aromatic heterocycles. The van der Waals surface area contributed by atoms with Gasteiger partial charge in [0.15, 0.2) is 0 Å². The maximum absolute atomic E-state index is 12.5. The van der Waals surface area contributed by atoms with E-state index in [2.05, 4.69) is 15.0 Å². The standard InChI is InChI=1S/C21H20F2N2O3S2/c1-2-27-16-9-7-14(8-10-16)20-24-15(12-30-20)11-29-13-19(26)25-17-5-3-4-6-18(17)28-21(22)23/h3-10,12,21H,2,11,13H2,1H3,(H,25,26). The van der Waals surface area contributed by atoms with E-state index >= 15 is 0 Å². The van der Waals surface area contributed by atoms with Gasteiger partial charge in [-0.2, -0.15) is 8.78 Å². The molecule has 3 rings (SSSR count).